The summed E-state index contributed by atoms with van der Waals surface area (Å²) >= 11 is 0. The van der Waals surface area contributed by atoms with E-state index in [4.69, 9.17) is 15.2 Å². The molecule has 0 aliphatic carbocycles. The van der Waals surface area contributed by atoms with Gasteiger partial charge in [-0.1, -0.05) is 0 Å². The molecule has 0 radical (unpaired) electrons. The molecule has 0 heterocycles. The van der Waals surface area contributed by atoms with E-state index in [2.05, 4.69) is 0 Å². The molecule has 74 valence electrons. The largest absolute Gasteiger partial charge is 0.353 e. The lowest BCUT2D eigenvalue weighted by atomic mass is 10.0. The van der Waals surface area contributed by atoms with E-state index in [1.165, 1.54) is 0 Å². The summed E-state index contributed by atoms with van der Waals surface area (Å²) < 4.78 is 10.7. The van der Waals surface area contributed by atoms with Gasteiger partial charge in [-0.05, 0) is 27.7 Å². The maximum absolute atomic E-state index is 5.84. The molecular formula is C9H21NO2. The number of hydrogen-bond donors (Lipinski definition) is 1. The second kappa shape index (κ2) is 5.51. The predicted octanol–water partition coefficient (Wildman–Crippen LogP) is 1.51. The molecule has 0 amide bonds. The van der Waals surface area contributed by atoms with Crippen LogP contribution in [0.15, 0.2) is 0 Å². The van der Waals surface area contributed by atoms with E-state index >= 15 is 0 Å². The van der Waals surface area contributed by atoms with Gasteiger partial charge in [0.2, 0.25) is 0 Å². The summed E-state index contributed by atoms with van der Waals surface area (Å²) in [5, 5.41) is 0. The smallest absolute Gasteiger partial charge is 0.159 e. The van der Waals surface area contributed by atoms with Gasteiger partial charge in [0.05, 0.1) is 0 Å². The third-order valence-corrected chi connectivity index (χ3v) is 1.40. The second-order valence-electron chi connectivity index (χ2n) is 3.53. The summed E-state index contributed by atoms with van der Waals surface area (Å²) in [6.07, 6.45) is 0.578. The number of hydrogen-bond acceptors (Lipinski definition) is 3. The zero-order valence-electron chi connectivity index (χ0n) is 8.59. The highest BCUT2D eigenvalue weighted by molar-refractivity contribution is 4.73. The normalized spacial score (nSPS) is 12.5. The van der Waals surface area contributed by atoms with Crippen molar-refractivity contribution in [2.75, 3.05) is 13.2 Å². The molecular weight excluding hydrogens is 154 g/mol. The summed E-state index contributed by atoms with van der Waals surface area (Å²) in [6, 6.07) is 0. The van der Waals surface area contributed by atoms with Gasteiger partial charge in [-0.3, -0.25) is 0 Å². The van der Waals surface area contributed by atoms with Crippen molar-refractivity contribution in [2.45, 2.75) is 45.9 Å². The van der Waals surface area contributed by atoms with Crippen LogP contribution in [0.1, 0.15) is 34.1 Å². The first-order valence-electron chi connectivity index (χ1n) is 4.51. The molecule has 2 N–H and O–H groups in total. The van der Waals surface area contributed by atoms with Crippen LogP contribution >= 0.6 is 0 Å². The van der Waals surface area contributed by atoms with E-state index in [1.54, 1.807) is 0 Å². The van der Waals surface area contributed by atoms with Gasteiger partial charge in [0, 0.05) is 25.2 Å². The van der Waals surface area contributed by atoms with Gasteiger partial charge in [0.25, 0.3) is 0 Å². The predicted molar refractivity (Wildman–Crippen MR) is 49.9 cm³/mol. The number of ether oxygens (including phenoxy) is 2. The molecule has 0 spiro atoms. The lowest BCUT2D eigenvalue weighted by Gasteiger charge is -2.25. The molecule has 0 rings (SSSR count). The Kier molecular flexibility index (Phi) is 5.46. The van der Waals surface area contributed by atoms with E-state index in [1.807, 2.05) is 27.7 Å². The monoisotopic (exact) mass is 175 g/mol. The summed E-state index contributed by atoms with van der Waals surface area (Å²) in [5.74, 6) is 0. The molecule has 0 aromatic rings. The quantitative estimate of drug-likeness (QED) is 0.622. The topological polar surface area (TPSA) is 44.5 Å². The Morgan fingerprint density at radius 1 is 1.17 bits per heavy atom. The minimum absolute atomic E-state index is 0.153. The fourth-order valence-corrected chi connectivity index (χ4v) is 0.967. The molecule has 0 fully saturated rings. The first kappa shape index (κ1) is 11.9. The Balaban J connectivity index is 3.77. The van der Waals surface area contributed by atoms with Gasteiger partial charge in [0.15, 0.2) is 6.29 Å². The molecule has 0 aromatic carbocycles. The van der Waals surface area contributed by atoms with Crippen molar-refractivity contribution < 1.29 is 9.47 Å². The molecule has 0 unspecified atom stereocenters. The molecule has 0 aliphatic rings. The minimum atomic E-state index is -0.227. The summed E-state index contributed by atoms with van der Waals surface area (Å²) in [6.45, 7) is 9.18. The summed E-state index contributed by atoms with van der Waals surface area (Å²) in [5.41, 5.74) is 5.61. The van der Waals surface area contributed by atoms with E-state index in [0.29, 0.717) is 13.2 Å². The van der Waals surface area contributed by atoms with Gasteiger partial charge in [0.1, 0.15) is 0 Å². The fourth-order valence-electron chi connectivity index (χ4n) is 0.967. The molecule has 0 aliphatic heterocycles. The van der Waals surface area contributed by atoms with Gasteiger partial charge < -0.3 is 15.2 Å². The highest BCUT2D eigenvalue weighted by Crippen LogP contribution is 2.11. The van der Waals surface area contributed by atoms with Crippen molar-refractivity contribution >= 4 is 0 Å². The van der Waals surface area contributed by atoms with Crippen LogP contribution in [0.5, 0.6) is 0 Å². The fraction of sp³-hybridized carbons (Fsp3) is 1.00. The van der Waals surface area contributed by atoms with Crippen LogP contribution in [0.2, 0.25) is 0 Å². The molecule has 3 heteroatoms. The van der Waals surface area contributed by atoms with E-state index in [0.717, 1.165) is 6.42 Å². The van der Waals surface area contributed by atoms with Crippen LogP contribution in [0.25, 0.3) is 0 Å². The average molecular weight is 175 g/mol. The first-order chi connectivity index (χ1) is 5.49. The van der Waals surface area contributed by atoms with Crippen molar-refractivity contribution in [3.05, 3.63) is 0 Å². The van der Waals surface area contributed by atoms with Crippen LogP contribution < -0.4 is 5.73 Å². The zero-order chi connectivity index (χ0) is 9.61. The van der Waals surface area contributed by atoms with Crippen LogP contribution in [0, 0.1) is 0 Å². The third-order valence-electron chi connectivity index (χ3n) is 1.40. The van der Waals surface area contributed by atoms with Crippen molar-refractivity contribution in [1.82, 2.24) is 0 Å². The Morgan fingerprint density at radius 2 is 1.58 bits per heavy atom. The first-order valence-corrected chi connectivity index (χ1v) is 4.51. The zero-order valence-corrected chi connectivity index (χ0v) is 8.59. The maximum Gasteiger partial charge on any atom is 0.159 e. The number of rotatable bonds is 6. The molecule has 3 nitrogen and oxygen atoms in total. The Morgan fingerprint density at radius 3 is 1.83 bits per heavy atom. The van der Waals surface area contributed by atoms with E-state index in [9.17, 15) is 0 Å². The Hall–Kier alpha value is -0.120. The van der Waals surface area contributed by atoms with Crippen molar-refractivity contribution in [3.8, 4) is 0 Å². The molecule has 12 heavy (non-hydrogen) atoms. The van der Waals surface area contributed by atoms with Crippen molar-refractivity contribution in [3.63, 3.8) is 0 Å². The highest BCUT2D eigenvalue weighted by atomic mass is 16.7. The minimum Gasteiger partial charge on any atom is -0.353 e. The third kappa shape index (κ3) is 6.58. The van der Waals surface area contributed by atoms with Crippen LogP contribution in [0.3, 0.4) is 0 Å². The molecule has 0 atom stereocenters. The molecule has 0 bridgehead atoms. The Labute approximate surface area is 75.2 Å². The van der Waals surface area contributed by atoms with E-state index < -0.39 is 0 Å². The van der Waals surface area contributed by atoms with Crippen LogP contribution in [-0.2, 0) is 9.47 Å². The average Bonchev–Trinajstić information content (AvgIpc) is 1.84. The van der Waals surface area contributed by atoms with Crippen molar-refractivity contribution in [1.29, 1.82) is 0 Å². The van der Waals surface area contributed by atoms with Gasteiger partial charge in [-0.15, -0.1) is 0 Å². The molecule has 0 saturated carbocycles. The van der Waals surface area contributed by atoms with E-state index in [-0.39, 0.29) is 11.8 Å². The van der Waals surface area contributed by atoms with Crippen molar-refractivity contribution in [2.24, 2.45) is 5.73 Å². The maximum atomic E-state index is 5.84. The van der Waals surface area contributed by atoms with Gasteiger partial charge in [-0.2, -0.15) is 0 Å². The summed E-state index contributed by atoms with van der Waals surface area (Å²) in [7, 11) is 0. The SMILES string of the molecule is CCOC(CC(C)(C)N)OCC. The Bertz CT molecular complexity index is 104. The van der Waals surface area contributed by atoms with Gasteiger partial charge >= 0.3 is 0 Å². The number of nitrogens with two attached hydrogens (primary N) is 1. The van der Waals surface area contributed by atoms with Crippen LogP contribution in [0.4, 0.5) is 0 Å². The molecule has 0 aromatic heterocycles. The van der Waals surface area contributed by atoms with Gasteiger partial charge in [-0.25, -0.2) is 0 Å². The van der Waals surface area contributed by atoms with Crippen LogP contribution in [-0.4, -0.2) is 25.0 Å². The highest BCUT2D eigenvalue weighted by Gasteiger charge is 2.19. The second-order valence-corrected chi connectivity index (χ2v) is 3.53. The standard InChI is InChI=1S/C9H21NO2/c1-5-11-8(12-6-2)7-9(3,4)10/h8H,5-7,10H2,1-4H3. The lowest BCUT2D eigenvalue weighted by Crippen LogP contribution is -2.38. The lowest BCUT2D eigenvalue weighted by molar-refractivity contribution is -0.146. The summed E-state index contributed by atoms with van der Waals surface area (Å²) in [4.78, 5) is 0. The molecule has 0 saturated heterocycles.